The van der Waals surface area contributed by atoms with Gasteiger partial charge >= 0.3 is 18.0 Å². The van der Waals surface area contributed by atoms with Gasteiger partial charge in [-0.05, 0) is 40.5 Å². The Morgan fingerprint density at radius 3 is 2.28 bits per heavy atom. The third kappa shape index (κ3) is 6.36. The van der Waals surface area contributed by atoms with E-state index in [4.69, 9.17) is 14.2 Å². The molecular weight excluding hydrogens is 330 g/mol. The minimum absolute atomic E-state index is 0.00686. The van der Waals surface area contributed by atoms with Crippen molar-refractivity contribution in [1.82, 2.24) is 4.90 Å². The summed E-state index contributed by atoms with van der Waals surface area (Å²) in [6.45, 7) is 7.01. The highest BCUT2D eigenvalue weighted by Crippen LogP contribution is 2.26. The van der Waals surface area contributed by atoms with E-state index >= 15 is 0 Å². The smallest absolute Gasteiger partial charge is 0.411 e. The largest absolute Gasteiger partial charge is 0.467 e. The second kappa shape index (κ2) is 8.82. The lowest BCUT2D eigenvalue weighted by molar-refractivity contribution is -0.151. The van der Waals surface area contributed by atoms with Crippen LogP contribution in [0.3, 0.4) is 0 Å². The van der Waals surface area contributed by atoms with E-state index in [2.05, 4.69) is 0 Å². The number of esters is 2. The highest BCUT2D eigenvalue weighted by Gasteiger charge is 2.41. The minimum Gasteiger partial charge on any atom is -0.467 e. The van der Waals surface area contributed by atoms with Crippen LogP contribution < -0.4 is 0 Å². The standard InChI is InChI=1S/C17H27NO7/c1-6-24-14(20)9-13(19)11-7-8-12(15(21)23-5)18(10-11)16(22)25-17(2,3)4/h11-12H,6-10H2,1-5H3. The van der Waals surface area contributed by atoms with Gasteiger partial charge in [0.25, 0.3) is 0 Å². The molecule has 1 rings (SSSR count). The second-order valence-electron chi connectivity index (χ2n) is 6.89. The van der Waals surface area contributed by atoms with Gasteiger partial charge in [0.1, 0.15) is 23.8 Å². The van der Waals surface area contributed by atoms with Gasteiger partial charge in [0, 0.05) is 12.5 Å². The first-order valence-electron chi connectivity index (χ1n) is 8.34. The molecule has 8 nitrogen and oxygen atoms in total. The molecule has 0 saturated carbocycles. The Morgan fingerprint density at radius 2 is 1.76 bits per heavy atom. The fraction of sp³-hybridized carbons (Fsp3) is 0.765. The van der Waals surface area contributed by atoms with Crippen molar-refractivity contribution in [3.05, 3.63) is 0 Å². The van der Waals surface area contributed by atoms with Crippen LogP contribution in [-0.2, 0) is 28.6 Å². The van der Waals surface area contributed by atoms with Gasteiger partial charge in [0.15, 0.2) is 0 Å². The molecule has 0 N–H and O–H groups in total. The van der Waals surface area contributed by atoms with Crippen LogP contribution in [0.2, 0.25) is 0 Å². The highest BCUT2D eigenvalue weighted by molar-refractivity contribution is 5.97. The van der Waals surface area contributed by atoms with E-state index < -0.39 is 35.6 Å². The molecule has 0 bridgehead atoms. The number of likely N-dealkylation sites (tertiary alicyclic amines) is 1. The van der Waals surface area contributed by atoms with E-state index in [0.717, 1.165) is 0 Å². The quantitative estimate of drug-likeness (QED) is 0.419. The number of carbonyl (C=O) groups is 4. The molecule has 0 aromatic rings. The van der Waals surface area contributed by atoms with Crippen LogP contribution in [0.5, 0.6) is 0 Å². The molecule has 2 unspecified atom stereocenters. The maximum absolute atomic E-state index is 12.4. The van der Waals surface area contributed by atoms with Crippen molar-refractivity contribution >= 4 is 23.8 Å². The fourth-order valence-corrected chi connectivity index (χ4v) is 2.64. The normalized spacial score (nSPS) is 20.6. The summed E-state index contributed by atoms with van der Waals surface area (Å²) < 4.78 is 14.9. The van der Waals surface area contributed by atoms with Crippen molar-refractivity contribution in [3.63, 3.8) is 0 Å². The summed E-state index contributed by atoms with van der Waals surface area (Å²) in [6, 6.07) is -0.800. The molecule has 1 fully saturated rings. The Bertz CT molecular complexity index is 524. The zero-order chi connectivity index (χ0) is 19.2. The molecule has 1 amide bonds. The number of amides is 1. The van der Waals surface area contributed by atoms with Crippen LogP contribution in [0.15, 0.2) is 0 Å². The van der Waals surface area contributed by atoms with Crippen LogP contribution in [-0.4, -0.2) is 60.6 Å². The number of ether oxygens (including phenoxy) is 3. The molecule has 1 heterocycles. The van der Waals surface area contributed by atoms with Gasteiger partial charge in [-0.25, -0.2) is 9.59 Å². The Kier molecular flexibility index (Phi) is 7.38. The van der Waals surface area contributed by atoms with Crippen molar-refractivity contribution in [2.45, 2.75) is 58.6 Å². The van der Waals surface area contributed by atoms with Gasteiger partial charge in [0.05, 0.1) is 13.7 Å². The molecule has 1 aliphatic rings. The summed E-state index contributed by atoms with van der Waals surface area (Å²) in [6.07, 6.45) is -0.372. The van der Waals surface area contributed by atoms with E-state index in [9.17, 15) is 19.2 Å². The summed E-state index contributed by atoms with van der Waals surface area (Å²) in [5.41, 5.74) is -0.736. The van der Waals surface area contributed by atoms with Crippen LogP contribution in [0.1, 0.15) is 47.0 Å². The first-order valence-corrected chi connectivity index (χ1v) is 8.34. The lowest BCUT2D eigenvalue weighted by Gasteiger charge is -2.38. The van der Waals surface area contributed by atoms with Gasteiger partial charge in [-0.15, -0.1) is 0 Å². The van der Waals surface area contributed by atoms with Crippen molar-refractivity contribution in [2.75, 3.05) is 20.3 Å². The van der Waals surface area contributed by atoms with E-state index in [1.54, 1.807) is 27.7 Å². The molecule has 1 saturated heterocycles. The first-order chi connectivity index (χ1) is 11.6. The number of ketones is 1. The molecule has 1 aliphatic heterocycles. The molecule has 2 atom stereocenters. The summed E-state index contributed by atoms with van der Waals surface area (Å²) >= 11 is 0. The summed E-state index contributed by atoms with van der Waals surface area (Å²) in [7, 11) is 1.24. The third-order valence-electron chi connectivity index (χ3n) is 3.76. The predicted molar refractivity (Wildman–Crippen MR) is 87.7 cm³/mol. The third-order valence-corrected chi connectivity index (χ3v) is 3.76. The lowest BCUT2D eigenvalue weighted by atomic mass is 9.88. The maximum atomic E-state index is 12.4. The van der Waals surface area contributed by atoms with Crippen LogP contribution in [0.4, 0.5) is 4.79 Å². The van der Waals surface area contributed by atoms with E-state index in [-0.39, 0.29) is 31.8 Å². The number of nitrogens with zero attached hydrogens (tertiary/aromatic N) is 1. The zero-order valence-electron chi connectivity index (χ0n) is 15.5. The lowest BCUT2D eigenvalue weighted by Crippen LogP contribution is -2.53. The number of rotatable bonds is 5. The van der Waals surface area contributed by atoms with Gasteiger partial charge in [-0.1, -0.05) is 0 Å². The Hall–Kier alpha value is -2.12. The van der Waals surface area contributed by atoms with E-state index in [1.165, 1.54) is 12.0 Å². The van der Waals surface area contributed by atoms with E-state index in [1.807, 2.05) is 0 Å². The number of hydrogen-bond donors (Lipinski definition) is 0. The molecule has 0 spiro atoms. The van der Waals surface area contributed by atoms with Crippen LogP contribution in [0.25, 0.3) is 0 Å². The Morgan fingerprint density at radius 1 is 1.12 bits per heavy atom. The number of carbonyl (C=O) groups excluding carboxylic acids is 4. The summed E-state index contributed by atoms with van der Waals surface area (Å²) in [5.74, 6) is -2.00. The van der Waals surface area contributed by atoms with Crippen LogP contribution in [0, 0.1) is 5.92 Å². The van der Waals surface area contributed by atoms with Gasteiger partial charge in [0.2, 0.25) is 0 Å². The average Bonchev–Trinajstić information content (AvgIpc) is 2.52. The van der Waals surface area contributed by atoms with Crippen molar-refractivity contribution in [3.8, 4) is 0 Å². The topological polar surface area (TPSA) is 99.2 Å². The van der Waals surface area contributed by atoms with Crippen molar-refractivity contribution < 1.29 is 33.4 Å². The molecule has 0 radical (unpaired) electrons. The van der Waals surface area contributed by atoms with Crippen molar-refractivity contribution in [1.29, 1.82) is 0 Å². The van der Waals surface area contributed by atoms with Crippen molar-refractivity contribution in [2.24, 2.45) is 5.92 Å². The van der Waals surface area contributed by atoms with Gasteiger partial charge < -0.3 is 14.2 Å². The molecule has 0 aromatic carbocycles. The molecule has 142 valence electrons. The summed E-state index contributed by atoms with van der Waals surface area (Å²) in [4.78, 5) is 49.4. The fourth-order valence-electron chi connectivity index (χ4n) is 2.64. The number of hydrogen-bond acceptors (Lipinski definition) is 7. The Labute approximate surface area is 147 Å². The number of piperidine rings is 1. The monoisotopic (exact) mass is 357 g/mol. The second-order valence-corrected chi connectivity index (χ2v) is 6.89. The molecule has 8 heteroatoms. The molecular formula is C17H27NO7. The van der Waals surface area contributed by atoms with Gasteiger partial charge in [-0.2, -0.15) is 0 Å². The first kappa shape index (κ1) is 20.9. The zero-order valence-corrected chi connectivity index (χ0v) is 15.5. The Balaban J connectivity index is 2.86. The average molecular weight is 357 g/mol. The maximum Gasteiger partial charge on any atom is 0.411 e. The van der Waals surface area contributed by atoms with E-state index in [0.29, 0.717) is 6.42 Å². The van der Waals surface area contributed by atoms with Crippen LogP contribution >= 0.6 is 0 Å². The highest BCUT2D eigenvalue weighted by atomic mass is 16.6. The number of methoxy groups -OCH3 is 1. The van der Waals surface area contributed by atoms with Gasteiger partial charge in [-0.3, -0.25) is 14.5 Å². The SMILES string of the molecule is CCOC(=O)CC(=O)C1CCC(C(=O)OC)N(C(=O)OC(C)(C)C)C1. The predicted octanol–water partition coefficient (Wildman–Crippen LogP) is 1.70. The summed E-state index contributed by atoms with van der Waals surface area (Å²) in [5, 5.41) is 0. The molecule has 25 heavy (non-hydrogen) atoms. The molecule has 0 aromatic heterocycles. The molecule has 0 aliphatic carbocycles. The minimum atomic E-state index is -0.800. The number of Topliss-reactive ketones (excluding diaryl/α,β-unsaturated/α-hetero) is 1.